The molecule has 0 aliphatic carbocycles. The van der Waals surface area contributed by atoms with Crippen LogP contribution in [-0.4, -0.2) is 42.8 Å². The van der Waals surface area contributed by atoms with Gasteiger partial charge in [0.15, 0.2) is 9.76 Å². The van der Waals surface area contributed by atoms with Gasteiger partial charge in [0.25, 0.3) is 0 Å². The van der Waals surface area contributed by atoms with Gasteiger partial charge in [0.2, 0.25) is 0 Å². The van der Waals surface area contributed by atoms with Crippen molar-refractivity contribution in [3.8, 4) is 0 Å². The second-order valence-corrected chi connectivity index (χ2v) is 3.39. The lowest BCUT2D eigenvalue weighted by molar-refractivity contribution is -0.287. The van der Waals surface area contributed by atoms with Crippen LogP contribution in [0, 0.1) is 0 Å². The Morgan fingerprint density at radius 2 is 0.882 bits per heavy atom. The molecule has 0 N–H and O–H groups in total. The molecule has 0 amide bonds. The van der Waals surface area contributed by atoms with Crippen LogP contribution in [0.2, 0.25) is 6.55 Å². The van der Waals surface area contributed by atoms with Gasteiger partial charge in [0, 0.05) is 6.61 Å². The molecule has 0 spiro atoms. The number of rotatable bonds is 8. The van der Waals surface area contributed by atoms with Crippen molar-refractivity contribution in [2.24, 2.45) is 0 Å². The maximum absolute atomic E-state index is 4.97. The molecule has 108 valence electrons. The first kappa shape index (κ1) is 22.2. The summed E-state index contributed by atoms with van der Waals surface area (Å²) in [6.45, 7) is 15.1. The van der Waals surface area contributed by atoms with Crippen LogP contribution in [-0.2, 0) is 24.0 Å². The van der Waals surface area contributed by atoms with E-state index in [1.807, 2.05) is 34.6 Å². The van der Waals surface area contributed by atoms with E-state index in [1.54, 1.807) is 0 Å². The molecule has 0 bridgehead atoms. The third-order valence-corrected chi connectivity index (χ3v) is 1.86. The number of hydrogen-bond acceptors (Lipinski definition) is 5. The van der Waals surface area contributed by atoms with Crippen molar-refractivity contribution < 1.29 is 24.0 Å². The van der Waals surface area contributed by atoms with Gasteiger partial charge in [-0.2, -0.15) is 0 Å². The molecule has 0 radical (unpaired) electrons. The molecule has 0 aliphatic rings. The van der Waals surface area contributed by atoms with E-state index in [0.29, 0.717) is 26.4 Å². The highest BCUT2D eigenvalue weighted by atomic mass is 28.2. The first-order valence-corrected chi connectivity index (χ1v) is 8.30. The average Bonchev–Trinajstić information content (AvgIpc) is 2.36. The first-order valence-electron chi connectivity index (χ1n) is 6.31. The molecular weight excluding hydrogens is 240 g/mol. The summed E-state index contributed by atoms with van der Waals surface area (Å²) in [6, 6.07) is 0. The van der Waals surface area contributed by atoms with Gasteiger partial charge in [-0.15, -0.1) is 0 Å². The average molecular weight is 270 g/mol. The van der Waals surface area contributed by atoms with Crippen LogP contribution in [0.1, 0.15) is 34.6 Å². The first-order chi connectivity index (χ1) is 8.24. The molecule has 0 atom stereocenters. The van der Waals surface area contributed by atoms with Crippen molar-refractivity contribution in [3.63, 3.8) is 0 Å². The summed E-state index contributed by atoms with van der Waals surface area (Å²) in [5.41, 5.74) is 0. The fraction of sp³-hybridized carbons (Fsp3) is 1.00. The minimum atomic E-state index is -0.0860. The topological polar surface area (TPSA) is 46.2 Å². The third kappa shape index (κ3) is 49.0. The van der Waals surface area contributed by atoms with Crippen LogP contribution in [0.15, 0.2) is 0 Å². The highest BCUT2D eigenvalue weighted by molar-refractivity contribution is 6.24. The molecule has 0 rings (SSSR count). The maximum atomic E-state index is 4.97. The quantitative estimate of drug-likeness (QED) is 0.292. The van der Waals surface area contributed by atoms with Crippen LogP contribution in [0.3, 0.4) is 0 Å². The third-order valence-electron chi connectivity index (χ3n) is 1.05. The zero-order chi connectivity index (χ0) is 13.8. The summed E-state index contributed by atoms with van der Waals surface area (Å²) in [5, 5.41) is 0. The molecule has 5 nitrogen and oxygen atoms in total. The van der Waals surface area contributed by atoms with Crippen molar-refractivity contribution >= 4 is 9.76 Å². The molecule has 0 heterocycles. The molecule has 17 heavy (non-hydrogen) atoms. The Bertz CT molecular complexity index is 77.9. The summed E-state index contributed by atoms with van der Waals surface area (Å²) in [6.07, 6.45) is 0. The maximum Gasteiger partial charge on any atom is 0.158 e. The van der Waals surface area contributed by atoms with Crippen LogP contribution in [0.5, 0.6) is 0 Å². The minimum Gasteiger partial charge on any atom is -0.425 e. The highest BCUT2D eigenvalue weighted by Crippen LogP contribution is 1.72. The predicted molar refractivity (Wildman–Crippen MR) is 72.5 cm³/mol. The molecule has 0 unspecified atom stereocenters. The van der Waals surface area contributed by atoms with Gasteiger partial charge >= 0.3 is 0 Å². The molecule has 0 saturated heterocycles. The second-order valence-electron chi connectivity index (χ2n) is 2.41. The number of hydrogen-bond donors (Lipinski definition) is 0. The summed E-state index contributed by atoms with van der Waals surface area (Å²) < 4.78 is 4.97. The Morgan fingerprint density at radius 3 is 0.941 bits per heavy atom. The normalized spacial score (nSPS) is 9.53. The van der Waals surface area contributed by atoms with Crippen molar-refractivity contribution in [1.82, 2.24) is 0 Å². The Kier molecular flexibility index (Phi) is 38.9. The highest BCUT2D eigenvalue weighted by Gasteiger charge is 1.72. The molecule has 0 aromatic carbocycles. The fourth-order valence-corrected chi connectivity index (χ4v) is 0.946. The van der Waals surface area contributed by atoms with Gasteiger partial charge in [0.05, 0.1) is 26.4 Å². The van der Waals surface area contributed by atoms with Gasteiger partial charge in [-0.25, -0.2) is 19.6 Å². The van der Waals surface area contributed by atoms with Gasteiger partial charge in [-0.3, -0.25) is 0 Å². The van der Waals surface area contributed by atoms with E-state index < -0.39 is 0 Å². The fourth-order valence-electron chi connectivity index (χ4n) is 0.537. The van der Waals surface area contributed by atoms with Crippen LogP contribution in [0.25, 0.3) is 0 Å². The molecule has 0 aliphatic heterocycles. The SMILES string of the molecule is CCOOCC.CCOOCC.CCO[SiH2]C. The van der Waals surface area contributed by atoms with E-state index in [-0.39, 0.29) is 9.76 Å². The molecule has 0 aromatic heterocycles. The Balaban J connectivity index is -0.000000174. The lowest BCUT2D eigenvalue weighted by atomic mass is 10.9. The zero-order valence-electron chi connectivity index (χ0n) is 12.3. The van der Waals surface area contributed by atoms with Crippen LogP contribution in [0.4, 0.5) is 0 Å². The molecule has 0 saturated carbocycles. The van der Waals surface area contributed by atoms with E-state index in [0.717, 1.165) is 6.61 Å². The summed E-state index contributed by atoms with van der Waals surface area (Å²) >= 11 is 0. The van der Waals surface area contributed by atoms with E-state index in [2.05, 4.69) is 26.1 Å². The summed E-state index contributed by atoms with van der Waals surface area (Å²) in [4.78, 5) is 17.9. The van der Waals surface area contributed by atoms with Gasteiger partial charge < -0.3 is 4.43 Å². The standard InChI is InChI=1S/2C4H10O2.C3H10OSi/c2*1-3-5-6-4-2;1-3-4-5-2/h2*3-4H2,1-2H3;3,5H2,1-2H3. The van der Waals surface area contributed by atoms with Crippen molar-refractivity contribution in [2.75, 3.05) is 33.0 Å². The summed E-state index contributed by atoms with van der Waals surface area (Å²) in [5.74, 6) is 0. The van der Waals surface area contributed by atoms with Crippen LogP contribution >= 0.6 is 0 Å². The van der Waals surface area contributed by atoms with E-state index in [4.69, 9.17) is 4.43 Å². The van der Waals surface area contributed by atoms with E-state index in [9.17, 15) is 0 Å². The van der Waals surface area contributed by atoms with Gasteiger partial charge in [0.1, 0.15) is 0 Å². The zero-order valence-corrected chi connectivity index (χ0v) is 13.7. The Morgan fingerprint density at radius 1 is 0.588 bits per heavy atom. The van der Waals surface area contributed by atoms with E-state index in [1.165, 1.54) is 0 Å². The molecular formula is C11H30O5Si. The smallest absolute Gasteiger partial charge is 0.158 e. The molecule has 0 fully saturated rings. The lowest BCUT2D eigenvalue weighted by Crippen LogP contribution is -1.90. The van der Waals surface area contributed by atoms with Crippen molar-refractivity contribution in [3.05, 3.63) is 0 Å². The van der Waals surface area contributed by atoms with Gasteiger partial charge in [-0.05, 0) is 34.6 Å². The second kappa shape index (κ2) is 29.8. The van der Waals surface area contributed by atoms with Crippen molar-refractivity contribution in [2.45, 2.75) is 41.2 Å². The van der Waals surface area contributed by atoms with Gasteiger partial charge in [-0.1, -0.05) is 6.55 Å². The monoisotopic (exact) mass is 270 g/mol. The van der Waals surface area contributed by atoms with Crippen LogP contribution < -0.4 is 0 Å². The predicted octanol–water partition coefficient (Wildman–Crippen LogP) is 2.10. The largest absolute Gasteiger partial charge is 0.425 e. The van der Waals surface area contributed by atoms with E-state index >= 15 is 0 Å². The lowest BCUT2D eigenvalue weighted by Gasteiger charge is -1.92. The molecule has 6 heteroatoms. The summed E-state index contributed by atoms with van der Waals surface area (Å²) in [7, 11) is -0.0860. The Hall–Kier alpha value is 0.0169. The molecule has 0 aromatic rings. The minimum absolute atomic E-state index is 0.0860. The van der Waals surface area contributed by atoms with Crippen molar-refractivity contribution in [1.29, 1.82) is 0 Å². The Labute approximate surface area is 109 Å².